The Bertz CT molecular complexity index is 1190. The van der Waals surface area contributed by atoms with Crippen molar-refractivity contribution in [3.05, 3.63) is 46.6 Å². The van der Waals surface area contributed by atoms with Crippen LogP contribution in [-0.4, -0.2) is 45.1 Å². The molecule has 4 heterocycles. The van der Waals surface area contributed by atoms with Gasteiger partial charge in [-0.3, -0.25) is 9.36 Å². The first kappa shape index (κ1) is 20.6. The molecule has 1 aliphatic heterocycles. The number of anilines is 2. The van der Waals surface area contributed by atoms with Crippen LogP contribution in [0, 0.1) is 11.3 Å². The van der Waals surface area contributed by atoms with E-state index in [1.54, 1.807) is 6.07 Å². The summed E-state index contributed by atoms with van der Waals surface area (Å²) in [7, 11) is 0. The average molecular weight is 427 g/mol. The Morgan fingerprint density at radius 2 is 2.10 bits per heavy atom. The molecule has 0 spiro atoms. The molecule has 0 unspecified atom stereocenters. The number of halogens is 2. The van der Waals surface area contributed by atoms with E-state index in [0.717, 1.165) is 30.5 Å². The lowest BCUT2D eigenvalue weighted by Gasteiger charge is -2.24. The number of rotatable bonds is 6. The number of hydrogen-bond donors (Lipinski definition) is 2. The van der Waals surface area contributed by atoms with Crippen LogP contribution in [0.2, 0.25) is 0 Å². The zero-order valence-corrected chi connectivity index (χ0v) is 16.4. The number of fused-ring (bicyclic) bond motifs is 1. The summed E-state index contributed by atoms with van der Waals surface area (Å²) in [6, 6.07) is 6.32. The monoisotopic (exact) mass is 427 g/mol. The summed E-state index contributed by atoms with van der Waals surface area (Å²) in [5, 5.41) is 15.6. The van der Waals surface area contributed by atoms with Crippen molar-refractivity contribution in [2.75, 3.05) is 18.4 Å². The minimum absolute atomic E-state index is 0.00566. The Balaban J connectivity index is 1.60. The van der Waals surface area contributed by atoms with Crippen LogP contribution < -0.4 is 20.9 Å². The standard InChI is InChI=1S/C20H19F2N7O2/c21-18(22)11-29-16-10-26-20(28-14(16)1-2-19(29)30)27-12-7-17(15(8-23)25-9-12)31-13-3-5-24-6-4-13/h1-2,7,9-10,13,18,24H,3-6,11H2,(H,26,27,28). The third kappa shape index (κ3) is 4.75. The van der Waals surface area contributed by atoms with Gasteiger partial charge < -0.3 is 15.4 Å². The molecule has 3 aromatic rings. The predicted octanol–water partition coefficient (Wildman–Crippen LogP) is 2.20. The van der Waals surface area contributed by atoms with Crippen LogP contribution in [0.25, 0.3) is 11.0 Å². The van der Waals surface area contributed by atoms with Crippen LogP contribution in [0.1, 0.15) is 18.5 Å². The number of alkyl halides is 2. The first-order valence-corrected chi connectivity index (χ1v) is 9.73. The van der Waals surface area contributed by atoms with Gasteiger partial charge in [-0.2, -0.15) is 5.26 Å². The zero-order chi connectivity index (χ0) is 21.8. The lowest BCUT2D eigenvalue weighted by molar-refractivity contribution is 0.127. The number of hydrogen-bond acceptors (Lipinski definition) is 8. The fourth-order valence-corrected chi connectivity index (χ4v) is 3.37. The lowest BCUT2D eigenvalue weighted by Crippen LogP contribution is -2.34. The van der Waals surface area contributed by atoms with Crippen LogP contribution >= 0.6 is 0 Å². The third-order valence-electron chi connectivity index (χ3n) is 4.85. The minimum atomic E-state index is -2.68. The van der Waals surface area contributed by atoms with Crippen molar-refractivity contribution >= 4 is 22.7 Å². The Kier molecular flexibility index (Phi) is 5.99. The van der Waals surface area contributed by atoms with Gasteiger partial charge in [0.1, 0.15) is 12.2 Å². The highest BCUT2D eigenvalue weighted by atomic mass is 19.3. The van der Waals surface area contributed by atoms with Crippen LogP contribution in [0.5, 0.6) is 5.75 Å². The number of pyridine rings is 2. The Morgan fingerprint density at radius 1 is 1.29 bits per heavy atom. The second kappa shape index (κ2) is 9.01. The predicted molar refractivity (Wildman–Crippen MR) is 109 cm³/mol. The van der Waals surface area contributed by atoms with Gasteiger partial charge in [-0.25, -0.2) is 23.7 Å². The number of nitrogens with zero attached hydrogens (tertiary/aromatic N) is 5. The molecule has 1 aliphatic rings. The first-order valence-electron chi connectivity index (χ1n) is 9.73. The molecule has 0 aliphatic carbocycles. The highest BCUT2D eigenvalue weighted by Crippen LogP contribution is 2.25. The van der Waals surface area contributed by atoms with E-state index in [-0.39, 0.29) is 23.3 Å². The maximum absolute atomic E-state index is 12.8. The van der Waals surface area contributed by atoms with E-state index >= 15 is 0 Å². The van der Waals surface area contributed by atoms with E-state index in [1.165, 1.54) is 24.5 Å². The van der Waals surface area contributed by atoms with Gasteiger partial charge in [-0.05, 0) is 32.0 Å². The highest BCUT2D eigenvalue weighted by Gasteiger charge is 2.18. The summed E-state index contributed by atoms with van der Waals surface area (Å²) in [5.41, 5.74) is 0.688. The molecule has 0 amide bonds. The van der Waals surface area contributed by atoms with Gasteiger partial charge in [0.05, 0.1) is 35.7 Å². The largest absolute Gasteiger partial charge is 0.487 e. The van der Waals surface area contributed by atoms with E-state index in [0.29, 0.717) is 17.0 Å². The summed E-state index contributed by atoms with van der Waals surface area (Å²) in [6.45, 7) is 0.961. The Morgan fingerprint density at radius 3 is 2.84 bits per heavy atom. The molecule has 3 aromatic heterocycles. The molecular formula is C20H19F2N7O2. The SMILES string of the molecule is N#Cc1ncc(Nc2ncc3c(ccc(=O)n3CC(F)F)n2)cc1OC1CCNCC1. The van der Waals surface area contributed by atoms with Gasteiger partial charge in [0.15, 0.2) is 11.4 Å². The molecule has 0 saturated carbocycles. The van der Waals surface area contributed by atoms with Crippen molar-refractivity contribution < 1.29 is 13.5 Å². The molecule has 2 N–H and O–H groups in total. The first-order chi connectivity index (χ1) is 15.0. The fraction of sp³-hybridized carbons (Fsp3) is 0.350. The van der Waals surface area contributed by atoms with Gasteiger partial charge in [-0.15, -0.1) is 0 Å². The van der Waals surface area contributed by atoms with Crippen LogP contribution in [0.4, 0.5) is 20.4 Å². The quantitative estimate of drug-likeness (QED) is 0.615. The van der Waals surface area contributed by atoms with Crippen molar-refractivity contribution in [2.45, 2.75) is 31.9 Å². The molecule has 1 fully saturated rings. The zero-order valence-electron chi connectivity index (χ0n) is 16.4. The number of ether oxygens (including phenoxy) is 1. The second-order valence-corrected chi connectivity index (χ2v) is 7.01. The van der Waals surface area contributed by atoms with E-state index in [2.05, 4.69) is 25.6 Å². The topological polar surface area (TPSA) is 118 Å². The smallest absolute Gasteiger partial charge is 0.256 e. The van der Waals surface area contributed by atoms with Crippen molar-refractivity contribution in [3.63, 3.8) is 0 Å². The Labute approximate surface area is 175 Å². The molecule has 0 bridgehead atoms. The fourth-order valence-electron chi connectivity index (χ4n) is 3.37. The molecule has 0 aromatic carbocycles. The van der Waals surface area contributed by atoms with E-state index in [1.807, 2.05) is 6.07 Å². The van der Waals surface area contributed by atoms with Crippen molar-refractivity contribution in [1.82, 2.24) is 24.8 Å². The summed E-state index contributed by atoms with van der Waals surface area (Å²) in [4.78, 5) is 24.5. The molecule has 0 radical (unpaired) electrons. The van der Waals surface area contributed by atoms with Crippen molar-refractivity contribution in [2.24, 2.45) is 0 Å². The minimum Gasteiger partial charge on any atom is -0.487 e. The van der Waals surface area contributed by atoms with Crippen LogP contribution in [0.3, 0.4) is 0 Å². The maximum atomic E-state index is 12.8. The van der Waals surface area contributed by atoms with Gasteiger partial charge in [0.2, 0.25) is 5.95 Å². The van der Waals surface area contributed by atoms with Gasteiger partial charge >= 0.3 is 0 Å². The van der Waals surface area contributed by atoms with Gasteiger partial charge in [-0.1, -0.05) is 0 Å². The summed E-state index contributed by atoms with van der Waals surface area (Å²) in [5.74, 6) is 0.556. The molecular weight excluding hydrogens is 408 g/mol. The van der Waals surface area contributed by atoms with E-state index in [4.69, 9.17) is 4.74 Å². The number of piperidine rings is 1. The molecule has 1 saturated heterocycles. The summed E-state index contributed by atoms with van der Waals surface area (Å²) < 4.78 is 32.5. The molecule has 9 nitrogen and oxygen atoms in total. The number of nitrogens with one attached hydrogen (secondary N) is 2. The molecule has 160 valence electrons. The maximum Gasteiger partial charge on any atom is 0.256 e. The van der Waals surface area contributed by atoms with Gasteiger partial charge in [0, 0.05) is 12.1 Å². The van der Waals surface area contributed by atoms with Gasteiger partial charge in [0.25, 0.3) is 12.0 Å². The second-order valence-electron chi connectivity index (χ2n) is 7.01. The molecule has 4 rings (SSSR count). The number of aromatic nitrogens is 4. The Hall–Kier alpha value is -3.65. The normalized spacial score (nSPS) is 14.5. The summed E-state index contributed by atoms with van der Waals surface area (Å²) >= 11 is 0. The van der Waals surface area contributed by atoms with Crippen LogP contribution in [0.15, 0.2) is 35.4 Å². The van der Waals surface area contributed by atoms with E-state index < -0.39 is 18.5 Å². The third-order valence-corrected chi connectivity index (χ3v) is 4.85. The highest BCUT2D eigenvalue weighted by molar-refractivity contribution is 5.75. The van der Waals surface area contributed by atoms with Crippen molar-refractivity contribution in [1.29, 1.82) is 5.26 Å². The van der Waals surface area contributed by atoms with E-state index in [9.17, 15) is 18.8 Å². The summed E-state index contributed by atoms with van der Waals surface area (Å²) in [6.07, 6.45) is 1.75. The molecule has 0 atom stereocenters. The number of nitriles is 1. The molecule has 11 heteroatoms. The lowest BCUT2D eigenvalue weighted by atomic mass is 10.1. The average Bonchev–Trinajstić information content (AvgIpc) is 2.76. The van der Waals surface area contributed by atoms with Crippen molar-refractivity contribution in [3.8, 4) is 11.8 Å². The van der Waals surface area contributed by atoms with Crippen LogP contribution in [-0.2, 0) is 6.54 Å². The molecule has 31 heavy (non-hydrogen) atoms.